The highest BCUT2D eigenvalue weighted by atomic mass is 79.9. The van der Waals surface area contributed by atoms with Gasteiger partial charge in [0.1, 0.15) is 0 Å². The molecule has 142 valence electrons. The van der Waals surface area contributed by atoms with Crippen molar-refractivity contribution >= 4 is 37.6 Å². The lowest BCUT2D eigenvalue weighted by Crippen LogP contribution is -2.23. The second-order valence-corrected chi connectivity index (χ2v) is 9.39. The molecule has 1 aromatic heterocycles. The Balaban J connectivity index is 1.89. The highest BCUT2D eigenvalue weighted by molar-refractivity contribution is 9.10. The Labute approximate surface area is 172 Å². The Morgan fingerprint density at radius 3 is 2.41 bits per heavy atom. The first-order valence-electron chi connectivity index (χ1n) is 8.37. The summed E-state index contributed by atoms with van der Waals surface area (Å²) in [5.74, 6) is 0. The average Bonchev–Trinajstić information content (AvgIpc) is 3.03. The van der Waals surface area contributed by atoms with Gasteiger partial charge in [-0.1, -0.05) is 39.7 Å². The maximum absolute atomic E-state index is 11.2. The lowest BCUT2D eigenvalue weighted by Gasteiger charge is -2.04. The Kier molecular flexibility index (Phi) is 6.37. The molecule has 0 unspecified atom stereocenters. The number of nitrogens with one attached hydrogen (secondary N) is 1. The summed E-state index contributed by atoms with van der Waals surface area (Å²) in [6.07, 6.45) is 4.54. The van der Waals surface area contributed by atoms with Gasteiger partial charge in [-0.3, -0.25) is 0 Å². The van der Waals surface area contributed by atoms with E-state index in [4.69, 9.17) is 16.7 Å². The van der Waals surface area contributed by atoms with Gasteiger partial charge >= 0.3 is 0 Å². The number of benzene rings is 2. The molecule has 0 aliphatic carbocycles. The normalized spacial score (nSPS) is 11.7. The fourth-order valence-electron chi connectivity index (χ4n) is 2.71. The molecule has 0 amide bonds. The van der Waals surface area contributed by atoms with Gasteiger partial charge in [-0.2, -0.15) is 5.10 Å². The van der Waals surface area contributed by atoms with Crippen LogP contribution < -0.4 is 4.72 Å². The van der Waals surface area contributed by atoms with Gasteiger partial charge in [0.15, 0.2) is 0 Å². The highest BCUT2D eigenvalue weighted by Crippen LogP contribution is 2.26. The van der Waals surface area contributed by atoms with Gasteiger partial charge in [-0.05, 0) is 54.8 Å². The largest absolute Gasteiger partial charge is 0.240 e. The number of nitrogens with zero attached hydrogens (tertiary/aromatic N) is 2. The first-order valence-corrected chi connectivity index (χ1v) is 11.4. The molecule has 5 nitrogen and oxygen atoms in total. The summed E-state index contributed by atoms with van der Waals surface area (Å²) in [5.41, 5.74) is 3.85. The van der Waals surface area contributed by atoms with E-state index in [1.165, 1.54) is 0 Å². The Morgan fingerprint density at radius 1 is 1.11 bits per heavy atom. The molecule has 0 radical (unpaired) electrons. The van der Waals surface area contributed by atoms with Crippen LogP contribution >= 0.6 is 27.5 Å². The third-order valence-electron chi connectivity index (χ3n) is 3.99. The second-order valence-electron chi connectivity index (χ2n) is 6.20. The van der Waals surface area contributed by atoms with Crippen LogP contribution in [0.15, 0.2) is 59.2 Å². The number of hydrogen-bond donors (Lipinski definition) is 1. The van der Waals surface area contributed by atoms with Gasteiger partial charge < -0.3 is 0 Å². The maximum atomic E-state index is 11.2. The minimum absolute atomic E-state index is 0.391. The standard InChI is InChI=1S/C19H19BrClN3O2S/c1-27(25,26)22-12-2-3-15-13-24(18-10-6-16(20)7-11-18)23-19(15)14-4-8-17(21)9-5-14/h4-11,13,22H,2-3,12H2,1H3. The average molecular weight is 469 g/mol. The van der Waals surface area contributed by atoms with Crippen molar-refractivity contribution in [3.8, 4) is 16.9 Å². The van der Waals surface area contributed by atoms with E-state index in [2.05, 4.69) is 20.7 Å². The molecule has 1 N–H and O–H groups in total. The van der Waals surface area contributed by atoms with Gasteiger partial charge in [-0.15, -0.1) is 0 Å². The minimum atomic E-state index is -3.18. The first kappa shape index (κ1) is 20.1. The van der Waals surface area contributed by atoms with Crippen molar-refractivity contribution in [1.29, 1.82) is 0 Å². The first-order chi connectivity index (χ1) is 12.8. The Bertz CT molecular complexity index is 1020. The fraction of sp³-hybridized carbons (Fsp3) is 0.211. The zero-order chi connectivity index (χ0) is 19.4. The number of aryl methyl sites for hydroxylation is 1. The van der Waals surface area contributed by atoms with Crippen molar-refractivity contribution in [1.82, 2.24) is 14.5 Å². The second kappa shape index (κ2) is 8.56. The van der Waals surface area contributed by atoms with Crippen LogP contribution in [0, 0.1) is 0 Å². The fourth-order valence-corrected chi connectivity index (χ4v) is 3.61. The highest BCUT2D eigenvalue weighted by Gasteiger charge is 2.13. The predicted molar refractivity (Wildman–Crippen MR) is 113 cm³/mol. The van der Waals surface area contributed by atoms with E-state index in [1.807, 2.05) is 59.4 Å². The number of sulfonamides is 1. The minimum Gasteiger partial charge on any atom is -0.240 e. The molecule has 3 aromatic rings. The van der Waals surface area contributed by atoms with Crippen molar-refractivity contribution < 1.29 is 8.42 Å². The van der Waals surface area contributed by atoms with Crippen LogP contribution in [0.3, 0.4) is 0 Å². The van der Waals surface area contributed by atoms with E-state index < -0.39 is 10.0 Å². The summed E-state index contributed by atoms with van der Waals surface area (Å²) in [7, 11) is -3.18. The van der Waals surface area contributed by atoms with Crippen LogP contribution in [0.5, 0.6) is 0 Å². The molecular formula is C19H19BrClN3O2S. The summed E-state index contributed by atoms with van der Waals surface area (Å²) < 4.78 is 27.8. The molecule has 2 aromatic carbocycles. The van der Waals surface area contributed by atoms with Crippen molar-refractivity contribution in [2.75, 3.05) is 12.8 Å². The SMILES string of the molecule is CS(=O)(=O)NCCCc1cn(-c2ccc(Br)cc2)nc1-c1ccc(Cl)cc1. The molecular weight excluding hydrogens is 450 g/mol. The maximum Gasteiger partial charge on any atom is 0.208 e. The summed E-state index contributed by atoms with van der Waals surface area (Å²) in [4.78, 5) is 0. The number of aromatic nitrogens is 2. The zero-order valence-corrected chi connectivity index (χ0v) is 17.9. The smallest absolute Gasteiger partial charge is 0.208 e. The molecule has 0 saturated heterocycles. The number of hydrogen-bond acceptors (Lipinski definition) is 3. The topological polar surface area (TPSA) is 64.0 Å². The third-order valence-corrected chi connectivity index (χ3v) is 5.50. The molecule has 0 aliphatic rings. The summed E-state index contributed by atoms with van der Waals surface area (Å²) in [5, 5.41) is 5.43. The van der Waals surface area contributed by atoms with Crippen molar-refractivity contribution in [3.05, 3.63) is 69.8 Å². The van der Waals surface area contributed by atoms with Crippen LogP contribution in [-0.4, -0.2) is 31.0 Å². The van der Waals surface area contributed by atoms with E-state index in [0.29, 0.717) is 24.4 Å². The molecule has 8 heteroatoms. The van der Waals surface area contributed by atoms with E-state index >= 15 is 0 Å². The van der Waals surface area contributed by atoms with Gasteiger partial charge in [0.25, 0.3) is 0 Å². The Hall–Kier alpha value is -1.67. The summed E-state index contributed by atoms with van der Waals surface area (Å²) >= 11 is 9.45. The number of halogens is 2. The monoisotopic (exact) mass is 467 g/mol. The summed E-state index contributed by atoms with van der Waals surface area (Å²) in [6, 6.07) is 15.5. The van der Waals surface area contributed by atoms with E-state index in [0.717, 1.165) is 33.2 Å². The summed E-state index contributed by atoms with van der Waals surface area (Å²) in [6.45, 7) is 0.391. The molecule has 0 fully saturated rings. The molecule has 0 bridgehead atoms. The van der Waals surface area contributed by atoms with Crippen molar-refractivity contribution in [3.63, 3.8) is 0 Å². The van der Waals surface area contributed by atoms with E-state index in [9.17, 15) is 8.42 Å². The van der Waals surface area contributed by atoms with E-state index in [-0.39, 0.29) is 0 Å². The van der Waals surface area contributed by atoms with E-state index in [1.54, 1.807) is 0 Å². The molecule has 0 spiro atoms. The van der Waals surface area contributed by atoms with Crippen LogP contribution in [0.4, 0.5) is 0 Å². The molecule has 0 atom stereocenters. The van der Waals surface area contributed by atoms with Crippen LogP contribution in [0.1, 0.15) is 12.0 Å². The third kappa shape index (κ3) is 5.65. The van der Waals surface area contributed by atoms with Crippen LogP contribution in [0.25, 0.3) is 16.9 Å². The van der Waals surface area contributed by atoms with Crippen molar-refractivity contribution in [2.45, 2.75) is 12.8 Å². The molecule has 27 heavy (non-hydrogen) atoms. The molecule has 3 rings (SSSR count). The molecule has 0 saturated carbocycles. The lowest BCUT2D eigenvalue weighted by atomic mass is 10.0. The van der Waals surface area contributed by atoms with Gasteiger partial charge in [0.2, 0.25) is 10.0 Å². The molecule has 0 aliphatic heterocycles. The van der Waals surface area contributed by atoms with Crippen LogP contribution in [-0.2, 0) is 16.4 Å². The van der Waals surface area contributed by atoms with Crippen LogP contribution in [0.2, 0.25) is 5.02 Å². The quantitative estimate of drug-likeness (QED) is 0.522. The van der Waals surface area contributed by atoms with Crippen molar-refractivity contribution in [2.24, 2.45) is 0 Å². The molecule has 1 heterocycles. The Morgan fingerprint density at radius 2 is 1.78 bits per heavy atom. The van der Waals surface area contributed by atoms with Gasteiger partial charge in [0, 0.05) is 27.8 Å². The lowest BCUT2D eigenvalue weighted by molar-refractivity contribution is 0.585. The zero-order valence-electron chi connectivity index (χ0n) is 14.7. The predicted octanol–water partition coefficient (Wildman–Crippen LogP) is 4.44. The van der Waals surface area contributed by atoms with Gasteiger partial charge in [-0.25, -0.2) is 17.8 Å². The van der Waals surface area contributed by atoms with Gasteiger partial charge in [0.05, 0.1) is 17.6 Å². The number of rotatable bonds is 7.